The number of carbonyl (C=O) groups is 3. The van der Waals surface area contributed by atoms with Gasteiger partial charge in [0.05, 0.1) is 12.2 Å². The third-order valence-electron chi connectivity index (χ3n) is 5.17. The number of carbonyl (C=O) groups excluding carboxylic acids is 3. The summed E-state index contributed by atoms with van der Waals surface area (Å²) >= 11 is 0. The first-order chi connectivity index (χ1) is 12.8. The molecule has 7 heteroatoms. The quantitative estimate of drug-likeness (QED) is 0.795. The molecule has 2 aliphatic heterocycles. The van der Waals surface area contributed by atoms with Gasteiger partial charge >= 0.3 is 6.03 Å². The van der Waals surface area contributed by atoms with Crippen LogP contribution in [0, 0.1) is 0 Å². The molecular formula is C20H27N3O4. The highest BCUT2D eigenvalue weighted by atomic mass is 16.5. The number of nitrogens with one attached hydrogen (secondary N) is 1. The molecule has 27 heavy (non-hydrogen) atoms. The number of amides is 4. The van der Waals surface area contributed by atoms with E-state index in [1.807, 2.05) is 44.2 Å². The first-order valence-electron chi connectivity index (χ1n) is 9.40. The Bertz CT molecular complexity index is 713. The SMILES string of the molecule is C[C@@H]1CN(C(=O)CN2C(=O)N[C@](C)(CCc3ccccc3)C2=O)C[C@H](C)O1. The molecule has 146 valence electrons. The van der Waals surface area contributed by atoms with Crippen LogP contribution in [0.25, 0.3) is 0 Å². The molecule has 1 aromatic rings. The highest BCUT2D eigenvalue weighted by Crippen LogP contribution is 2.23. The molecule has 4 amide bonds. The molecule has 2 saturated heterocycles. The molecule has 0 aromatic heterocycles. The largest absolute Gasteiger partial charge is 0.372 e. The summed E-state index contributed by atoms with van der Waals surface area (Å²) in [5.74, 6) is -0.570. The average Bonchev–Trinajstić information content (AvgIpc) is 2.83. The second kappa shape index (κ2) is 7.68. The lowest BCUT2D eigenvalue weighted by Crippen LogP contribution is -2.52. The molecule has 0 spiro atoms. The zero-order valence-corrected chi connectivity index (χ0v) is 16.1. The van der Waals surface area contributed by atoms with Crippen LogP contribution in [0.3, 0.4) is 0 Å². The van der Waals surface area contributed by atoms with Gasteiger partial charge < -0.3 is 15.0 Å². The molecule has 2 heterocycles. The van der Waals surface area contributed by atoms with Crippen molar-refractivity contribution in [2.24, 2.45) is 0 Å². The molecule has 1 N–H and O–H groups in total. The smallest absolute Gasteiger partial charge is 0.325 e. The van der Waals surface area contributed by atoms with E-state index in [0.717, 1.165) is 10.5 Å². The van der Waals surface area contributed by atoms with Gasteiger partial charge in [0.2, 0.25) is 5.91 Å². The van der Waals surface area contributed by atoms with Gasteiger partial charge in [-0.1, -0.05) is 30.3 Å². The Morgan fingerprint density at radius 1 is 1.19 bits per heavy atom. The first-order valence-corrected chi connectivity index (χ1v) is 9.40. The summed E-state index contributed by atoms with van der Waals surface area (Å²) in [6.45, 7) is 6.25. The van der Waals surface area contributed by atoms with Gasteiger partial charge in [-0.25, -0.2) is 4.79 Å². The number of hydrogen-bond donors (Lipinski definition) is 1. The maximum absolute atomic E-state index is 12.9. The summed E-state index contributed by atoms with van der Waals surface area (Å²) in [7, 11) is 0. The lowest BCUT2D eigenvalue weighted by molar-refractivity contribution is -0.146. The summed E-state index contributed by atoms with van der Waals surface area (Å²) in [4.78, 5) is 40.5. The van der Waals surface area contributed by atoms with E-state index in [1.165, 1.54) is 0 Å². The fourth-order valence-electron chi connectivity index (χ4n) is 3.72. The highest BCUT2D eigenvalue weighted by Gasteiger charge is 2.48. The van der Waals surface area contributed by atoms with E-state index in [2.05, 4.69) is 5.32 Å². The number of imide groups is 1. The number of nitrogens with zero attached hydrogens (tertiary/aromatic N) is 2. The van der Waals surface area contributed by atoms with E-state index >= 15 is 0 Å². The van der Waals surface area contributed by atoms with E-state index in [1.54, 1.807) is 11.8 Å². The molecule has 0 aliphatic carbocycles. The molecule has 7 nitrogen and oxygen atoms in total. The Balaban J connectivity index is 1.62. The van der Waals surface area contributed by atoms with E-state index in [9.17, 15) is 14.4 Å². The van der Waals surface area contributed by atoms with E-state index in [0.29, 0.717) is 25.9 Å². The monoisotopic (exact) mass is 373 g/mol. The van der Waals surface area contributed by atoms with Gasteiger partial charge in [0.1, 0.15) is 12.1 Å². The van der Waals surface area contributed by atoms with Crippen LogP contribution in [0.4, 0.5) is 4.79 Å². The van der Waals surface area contributed by atoms with Crippen molar-refractivity contribution in [1.82, 2.24) is 15.1 Å². The molecule has 0 saturated carbocycles. The molecule has 1 aromatic carbocycles. The molecular weight excluding hydrogens is 346 g/mol. The maximum Gasteiger partial charge on any atom is 0.325 e. The Hall–Kier alpha value is -2.41. The van der Waals surface area contributed by atoms with Crippen LogP contribution in [0.15, 0.2) is 30.3 Å². The van der Waals surface area contributed by atoms with Gasteiger partial charge in [0.15, 0.2) is 0 Å². The Kier molecular flexibility index (Phi) is 5.51. The third kappa shape index (κ3) is 4.30. The first kappa shape index (κ1) is 19.4. The lowest BCUT2D eigenvalue weighted by atomic mass is 9.93. The van der Waals surface area contributed by atoms with Crippen LogP contribution in [0.1, 0.15) is 32.8 Å². The van der Waals surface area contributed by atoms with Gasteiger partial charge in [0.25, 0.3) is 5.91 Å². The number of ether oxygens (including phenoxy) is 1. The molecule has 0 radical (unpaired) electrons. The summed E-state index contributed by atoms with van der Waals surface area (Å²) in [6, 6.07) is 9.32. The second-order valence-electron chi connectivity index (χ2n) is 7.70. The van der Waals surface area contributed by atoms with Crippen molar-refractivity contribution < 1.29 is 19.1 Å². The molecule has 2 aliphatic rings. The van der Waals surface area contributed by atoms with Crippen molar-refractivity contribution >= 4 is 17.8 Å². The van der Waals surface area contributed by atoms with Crippen LogP contribution in [0.5, 0.6) is 0 Å². The summed E-state index contributed by atoms with van der Waals surface area (Å²) in [5.41, 5.74) is 0.116. The fourth-order valence-corrected chi connectivity index (χ4v) is 3.72. The second-order valence-corrected chi connectivity index (χ2v) is 7.70. The van der Waals surface area contributed by atoms with Crippen molar-refractivity contribution in [1.29, 1.82) is 0 Å². The van der Waals surface area contributed by atoms with Crippen molar-refractivity contribution in [2.75, 3.05) is 19.6 Å². The standard InChI is InChI=1S/C20H27N3O4/c1-14-11-22(12-15(2)27-14)17(24)13-23-18(25)20(3,21-19(23)26)10-9-16-7-5-4-6-8-16/h4-8,14-15H,9-13H2,1-3H3,(H,21,26)/t14-,15+,20-/m1/s1. The van der Waals surface area contributed by atoms with Gasteiger partial charge in [-0.05, 0) is 39.2 Å². The van der Waals surface area contributed by atoms with Gasteiger partial charge in [0, 0.05) is 13.1 Å². The normalized spacial score (nSPS) is 28.4. The number of rotatable bonds is 5. The summed E-state index contributed by atoms with van der Waals surface area (Å²) in [6.07, 6.45) is 1.04. The predicted octanol–water partition coefficient (Wildman–Crippen LogP) is 1.57. The average molecular weight is 373 g/mol. The maximum atomic E-state index is 12.9. The predicted molar refractivity (Wildman–Crippen MR) is 100 cm³/mol. The minimum Gasteiger partial charge on any atom is -0.372 e. The minimum atomic E-state index is -0.987. The van der Waals surface area contributed by atoms with Crippen molar-refractivity contribution in [2.45, 2.75) is 51.4 Å². The highest BCUT2D eigenvalue weighted by molar-refractivity contribution is 6.08. The molecule has 3 atom stereocenters. The number of urea groups is 1. The van der Waals surface area contributed by atoms with Crippen LogP contribution >= 0.6 is 0 Å². The van der Waals surface area contributed by atoms with E-state index < -0.39 is 11.6 Å². The molecule has 0 unspecified atom stereocenters. The van der Waals surface area contributed by atoms with Crippen LogP contribution in [-0.4, -0.2) is 65.0 Å². The minimum absolute atomic E-state index is 0.0584. The van der Waals surface area contributed by atoms with Crippen LogP contribution in [-0.2, 0) is 20.7 Å². The molecule has 3 rings (SSSR count). The zero-order chi connectivity index (χ0) is 19.6. The van der Waals surface area contributed by atoms with Gasteiger partial charge in [-0.15, -0.1) is 0 Å². The Morgan fingerprint density at radius 2 is 1.81 bits per heavy atom. The number of hydrogen-bond acceptors (Lipinski definition) is 4. The van der Waals surface area contributed by atoms with Crippen LogP contribution < -0.4 is 5.32 Å². The zero-order valence-electron chi connectivity index (χ0n) is 16.1. The molecule has 0 bridgehead atoms. The Morgan fingerprint density at radius 3 is 2.44 bits per heavy atom. The van der Waals surface area contributed by atoms with Crippen LogP contribution in [0.2, 0.25) is 0 Å². The van der Waals surface area contributed by atoms with Crippen molar-refractivity contribution in [3.63, 3.8) is 0 Å². The number of aryl methyl sites for hydroxylation is 1. The topological polar surface area (TPSA) is 79.0 Å². The van der Waals surface area contributed by atoms with E-state index in [4.69, 9.17) is 4.74 Å². The molecule has 2 fully saturated rings. The van der Waals surface area contributed by atoms with Gasteiger partial charge in [-0.3, -0.25) is 14.5 Å². The van der Waals surface area contributed by atoms with E-state index in [-0.39, 0.29) is 30.6 Å². The van der Waals surface area contributed by atoms with Gasteiger partial charge in [-0.2, -0.15) is 0 Å². The van der Waals surface area contributed by atoms with Crippen molar-refractivity contribution in [3.05, 3.63) is 35.9 Å². The lowest BCUT2D eigenvalue weighted by Gasteiger charge is -2.35. The fraction of sp³-hybridized carbons (Fsp3) is 0.550. The van der Waals surface area contributed by atoms with Crippen molar-refractivity contribution in [3.8, 4) is 0 Å². The summed E-state index contributed by atoms with van der Waals surface area (Å²) < 4.78 is 5.63. The number of benzene rings is 1. The Labute approximate surface area is 159 Å². The summed E-state index contributed by atoms with van der Waals surface area (Å²) in [5, 5.41) is 2.77. The third-order valence-corrected chi connectivity index (χ3v) is 5.17. The number of morpholine rings is 1.